The first kappa shape index (κ1) is 14.4. The maximum absolute atomic E-state index is 12.7. The molecular formula is C15H15F3N2O. The topological polar surface area (TPSA) is 56.0 Å². The summed E-state index contributed by atoms with van der Waals surface area (Å²) in [6.45, 7) is 0. The summed E-state index contributed by atoms with van der Waals surface area (Å²) in [6, 6.07) is 5.17. The molecule has 21 heavy (non-hydrogen) atoms. The van der Waals surface area contributed by atoms with Gasteiger partial charge in [-0.05, 0) is 37.8 Å². The fourth-order valence-corrected chi connectivity index (χ4v) is 3.56. The van der Waals surface area contributed by atoms with E-state index in [0.717, 1.165) is 25.0 Å². The highest BCUT2D eigenvalue weighted by atomic mass is 19.4. The van der Waals surface area contributed by atoms with Gasteiger partial charge in [-0.3, -0.25) is 0 Å². The molecule has 2 saturated heterocycles. The van der Waals surface area contributed by atoms with Gasteiger partial charge in [0.25, 0.3) is 0 Å². The van der Waals surface area contributed by atoms with Gasteiger partial charge < -0.3 is 10.4 Å². The van der Waals surface area contributed by atoms with Crippen molar-refractivity contribution in [2.75, 3.05) is 0 Å². The normalized spacial score (nSPS) is 32.0. The lowest BCUT2D eigenvalue weighted by atomic mass is 9.79. The van der Waals surface area contributed by atoms with Crippen molar-refractivity contribution in [3.63, 3.8) is 0 Å². The third-order valence-electron chi connectivity index (χ3n) is 4.47. The number of hydrogen-bond donors (Lipinski definition) is 2. The van der Waals surface area contributed by atoms with E-state index >= 15 is 0 Å². The Balaban J connectivity index is 2.01. The number of aliphatic hydroxyl groups is 1. The fraction of sp³-hybridized carbons (Fsp3) is 0.533. The third-order valence-corrected chi connectivity index (χ3v) is 4.47. The quantitative estimate of drug-likeness (QED) is 0.837. The molecule has 2 heterocycles. The summed E-state index contributed by atoms with van der Waals surface area (Å²) in [5.41, 5.74) is -1.85. The minimum Gasteiger partial charge on any atom is -0.385 e. The maximum atomic E-state index is 12.7. The zero-order valence-electron chi connectivity index (χ0n) is 11.2. The average molecular weight is 296 g/mol. The van der Waals surface area contributed by atoms with Crippen molar-refractivity contribution in [2.45, 2.75) is 49.5 Å². The Labute approximate surface area is 120 Å². The van der Waals surface area contributed by atoms with Gasteiger partial charge in [0.1, 0.15) is 0 Å². The second-order valence-corrected chi connectivity index (χ2v) is 5.95. The van der Waals surface area contributed by atoms with Crippen LogP contribution in [0.25, 0.3) is 0 Å². The largest absolute Gasteiger partial charge is 0.416 e. The Morgan fingerprint density at radius 3 is 2.38 bits per heavy atom. The molecular weight excluding hydrogens is 281 g/mol. The van der Waals surface area contributed by atoms with E-state index < -0.39 is 17.3 Å². The van der Waals surface area contributed by atoms with Crippen molar-refractivity contribution >= 4 is 0 Å². The van der Waals surface area contributed by atoms with Crippen LogP contribution in [-0.2, 0) is 11.8 Å². The summed E-state index contributed by atoms with van der Waals surface area (Å²) in [4.78, 5) is 0. The molecule has 0 radical (unpaired) electrons. The summed E-state index contributed by atoms with van der Waals surface area (Å²) in [6.07, 6.45) is -1.71. The van der Waals surface area contributed by atoms with Gasteiger partial charge in [-0.25, -0.2) is 0 Å². The van der Waals surface area contributed by atoms with Gasteiger partial charge >= 0.3 is 6.18 Å². The van der Waals surface area contributed by atoms with Crippen LogP contribution in [0.1, 0.15) is 42.4 Å². The predicted molar refractivity (Wildman–Crippen MR) is 69.2 cm³/mol. The first-order valence-corrected chi connectivity index (χ1v) is 6.92. The van der Waals surface area contributed by atoms with E-state index in [1.54, 1.807) is 6.07 Å². The van der Waals surface area contributed by atoms with Crippen LogP contribution in [0.15, 0.2) is 18.2 Å². The molecule has 0 amide bonds. The highest BCUT2D eigenvalue weighted by Crippen LogP contribution is 2.42. The van der Waals surface area contributed by atoms with Crippen molar-refractivity contribution in [1.82, 2.24) is 5.32 Å². The predicted octanol–water partition coefficient (Wildman–Crippen LogP) is 2.68. The van der Waals surface area contributed by atoms with Gasteiger partial charge in [-0.1, -0.05) is 6.07 Å². The van der Waals surface area contributed by atoms with Crippen molar-refractivity contribution in [3.05, 3.63) is 34.9 Å². The van der Waals surface area contributed by atoms with Gasteiger partial charge in [0, 0.05) is 17.6 Å². The molecule has 3 rings (SSSR count). The molecule has 3 nitrogen and oxygen atoms in total. The molecule has 6 heteroatoms. The Kier molecular flexibility index (Phi) is 3.23. The molecule has 112 valence electrons. The van der Waals surface area contributed by atoms with Crippen molar-refractivity contribution < 1.29 is 18.3 Å². The highest BCUT2D eigenvalue weighted by molar-refractivity contribution is 5.45. The highest BCUT2D eigenvalue weighted by Gasteiger charge is 2.45. The van der Waals surface area contributed by atoms with Crippen LogP contribution in [0.5, 0.6) is 0 Å². The fourth-order valence-electron chi connectivity index (χ4n) is 3.56. The number of nitrogens with zero attached hydrogens (tertiary/aromatic N) is 1. The summed E-state index contributed by atoms with van der Waals surface area (Å²) >= 11 is 0. The van der Waals surface area contributed by atoms with Gasteiger partial charge in [0.2, 0.25) is 0 Å². The minimum absolute atomic E-state index is 0.0892. The number of alkyl halides is 3. The van der Waals surface area contributed by atoms with Crippen molar-refractivity contribution in [3.8, 4) is 6.07 Å². The number of halogens is 3. The van der Waals surface area contributed by atoms with Crippen molar-refractivity contribution in [2.24, 2.45) is 0 Å². The third kappa shape index (κ3) is 2.52. The molecule has 2 aliphatic rings. The van der Waals surface area contributed by atoms with E-state index in [1.165, 1.54) is 6.07 Å². The zero-order valence-corrected chi connectivity index (χ0v) is 11.2. The van der Waals surface area contributed by atoms with Crippen LogP contribution < -0.4 is 5.32 Å². The molecule has 2 atom stereocenters. The lowest BCUT2D eigenvalue weighted by molar-refractivity contribution is -0.137. The van der Waals surface area contributed by atoms with E-state index in [4.69, 9.17) is 5.26 Å². The standard InChI is InChI=1S/C15H15F3N2O/c16-15(17,18)10-1-4-13(9(5-10)8-19)14(21)6-11-2-3-12(7-14)20-11/h1,4-5,11-12,20-21H,2-3,6-7H2. The Bertz CT molecular complexity index is 594. The molecule has 0 saturated carbocycles. The smallest absolute Gasteiger partial charge is 0.385 e. The van der Waals surface area contributed by atoms with E-state index in [1.807, 2.05) is 0 Å². The molecule has 1 aromatic carbocycles. The molecule has 0 spiro atoms. The summed E-state index contributed by atoms with van der Waals surface area (Å²) in [5, 5.41) is 23.4. The Morgan fingerprint density at radius 1 is 1.24 bits per heavy atom. The number of nitriles is 1. The van der Waals surface area contributed by atoms with Crippen LogP contribution in [-0.4, -0.2) is 17.2 Å². The number of fused-ring (bicyclic) bond motifs is 2. The SMILES string of the molecule is N#Cc1cc(C(F)(F)F)ccc1C1(O)CC2CCC(C1)N2. The van der Waals surface area contributed by atoms with Crippen LogP contribution in [0.3, 0.4) is 0 Å². The van der Waals surface area contributed by atoms with Crippen LogP contribution >= 0.6 is 0 Å². The monoisotopic (exact) mass is 296 g/mol. The summed E-state index contributed by atoms with van der Waals surface area (Å²) in [5.74, 6) is 0. The van der Waals surface area contributed by atoms with Gasteiger partial charge in [0.05, 0.1) is 22.8 Å². The van der Waals surface area contributed by atoms with Crippen LogP contribution in [0.2, 0.25) is 0 Å². The molecule has 2 unspecified atom stereocenters. The van der Waals surface area contributed by atoms with E-state index in [0.29, 0.717) is 18.4 Å². The number of piperidine rings is 1. The zero-order chi connectivity index (χ0) is 15.3. The Hall–Kier alpha value is -1.58. The molecule has 0 aliphatic carbocycles. The summed E-state index contributed by atoms with van der Waals surface area (Å²) < 4.78 is 38.2. The average Bonchev–Trinajstić information content (AvgIpc) is 2.76. The lowest BCUT2D eigenvalue weighted by Crippen LogP contribution is -2.47. The summed E-state index contributed by atoms with van der Waals surface area (Å²) in [7, 11) is 0. The minimum atomic E-state index is -4.49. The molecule has 2 aliphatic heterocycles. The first-order chi connectivity index (χ1) is 9.82. The molecule has 0 aromatic heterocycles. The molecule has 2 fully saturated rings. The Morgan fingerprint density at radius 2 is 1.86 bits per heavy atom. The van der Waals surface area contributed by atoms with Crippen LogP contribution in [0, 0.1) is 11.3 Å². The number of rotatable bonds is 1. The maximum Gasteiger partial charge on any atom is 0.416 e. The molecule has 2 bridgehead atoms. The van der Waals surface area contributed by atoms with E-state index in [-0.39, 0.29) is 17.6 Å². The first-order valence-electron chi connectivity index (χ1n) is 6.92. The van der Waals surface area contributed by atoms with Gasteiger partial charge in [0.15, 0.2) is 0 Å². The van der Waals surface area contributed by atoms with Crippen molar-refractivity contribution in [1.29, 1.82) is 5.26 Å². The molecule has 1 aromatic rings. The lowest BCUT2D eigenvalue weighted by Gasteiger charge is -2.38. The van der Waals surface area contributed by atoms with E-state index in [2.05, 4.69) is 5.32 Å². The van der Waals surface area contributed by atoms with E-state index in [9.17, 15) is 18.3 Å². The second-order valence-electron chi connectivity index (χ2n) is 5.95. The second kappa shape index (κ2) is 4.72. The number of benzene rings is 1. The number of hydrogen-bond acceptors (Lipinski definition) is 3. The van der Waals surface area contributed by atoms with Crippen LogP contribution in [0.4, 0.5) is 13.2 Å². The number of nitrogens with one attached hydrogen (secondary N) is 1. The molecule has 2 N–H and O–H groups in total. The van der Waals surface area contributed by atoms with Gasteiger partial charge in [-0.15, -0.1) is 0 Å². The van der Waals surface area contributed by atoms with Gasteiger partial charge in [-0.2, -0.15) is 18.4 Å².